The second-order valence-corrected chi connectivity index (χ2v) is 5.23. The molecule has 0 amide bonds. The zero-order chi connectivity index (χ0) is 11.0. The third-order valence-electron chi connectivity index (χ3n) is 4.19. The molecule has 0 aromatic rings. The first-order valence-electron chi connectivity index (χ1n) is 6.00. The van der Waals surface area contributed by atoms with Gasteiger partial charge in [0.25, 0.3) is 0 Å². The number of carbonyl (C=O) groups excluding carboxylic acids is 1. The molecule has 0 bridgehead atoms. The standard InChI is InChI=1S/C12H21NO2/c1-8(9(2)14)13-6-10-3-4-12(15)5-11(10)7-13/h8,10-12,15H,3-7H2,1-2H3. The summed E-state index contributed by atoms with van der Waals surface area (Å²) in [6.07, 6.45) is 2.92. The molecule has 1 heterocycles. The number of rotatable bonds is 2. The molecule has 1 saturated heterocycles. The third kappa shape index (κ3) is 2.23. The Kier molecular flexibility index (Phi) is 3.12. The van der Waals surface area contributed by atoms with Crippen LogP contribution in [0.4, 0.5) is 0 Å². The summed E-state index contributed by atoms with van der Waals surface area (Å²) in [6.45, 7) is 5.72. The summed E-state index contributed by atoms with van der Waals surface area (Å²) in [7, 11) is 0. The number of nitrogens with zero attached hydrogens (tertiary/aromatic N) is 1. The van der Waals surface area contributed by atoms with Crippen LogP contribution in [0.2, 0.25) is 0 Å². The van der Waals surface area contributed by atoms with Gasteiger partial charge in [0.05, 0.1) is 12.1 Å². The van der Waals surface area contributed by atoms with Gasteiger partial charge in [-0.1, -0.05) is 0 Å². The molecule has 15 heavy (non-hydrogen) atoms. The summed E-state index contributed by atoms with van der Waals surface area (Å²) in [6, 6.07) is 0.0627. The van der Waals surface area contributed by atoms with E-state index in [1.54, 1.807) is 6.92 Å². The van der Waals surface area contributed by atoms with Crippen LogP contribution in [-0.4, -0.2) is 41.0 Å². The maximum Gasteiger partial charge on any atom is 0.146 e. The quantitative estimate of drug-likeness (QED) is 0.742. The van der Waals surface area contributed by atoms with Crippen molar-refractivity contribution in [2.75, 3.05) is 13.1 Å². The predicted octanol–water partition coefficient (Wildman–Crippen LogP) is 1.06. The monoisotopic (exact) mass is 211 g/mol. The van der Waals surface area contributed by atoms with Gasteiger partial charge in [0.1, 0.15) is 5.78 Å². The average molecular weight is 211 g/mol. The van der Waals surface area contributed by atoms with Gasteiger partial charge < -0.3 is 5.11 Å². The molecule has 1 N–H and O–H groups in total. The minimum Gasteiger partial charge on any atom is -0.393 e. The van der Waals surface area contributed by atoms with E-state index in [0.29, 0.717) is 5.92 Å². The molecule has 86 valence electrons. The lowest BCUT2D eigenvalue weighted by atomic mass is 9.80. The number of hydrogen-bond donors (Lipinski definition) is 1. The molecule has 0 aromatic heterocycles. The molecular formula is C12H21NO2. The van der Waals surface area contributed by atoms with E-state index >= 15 is 0 Å². The topological polar surface area (TPSA) is 40.5 Å². The summed E-state index contributed by atoms with van der Waals surface area (Å²) >= 11 is 0. The number of hydrogen-bond acceptors (Lipinski definition) is 3. The molecule has 2 rings (SSSR count). The molecule has 2 aliphatic rings. The van der Waals surface area contributed by atoms with Crippen molar-refractivity contribution in [3.63, 3.8) is 0 Å². The molecule has 0 spiro atoms. The number of Topliss-reactive ketones (excluding diaryl/α,β-unsaturated/α-hetero) is 1. The number of aliphatic hydroxyl groups excluding tert-OH is 1. The maximum absolute atomic E-state index is 11.3. The van der Waals surface area contributed by atoms with Crippen molar-refractivity contribution >= 4 is 5.78 Å². The van der Waals surface area contributed by atoms with Crippen LogP contribution in [0.3, 0.4) is 0 Å². The fourth-order valence-corrected chi connectivity index (χ4v) is 3.02. The molecule has 0 aromatic carbocycles. The van der Waals surface area contributed by atoms with E-state index in [-0.39, 0.29) is 17.9 Å². The van der Waals surface area contributed by atoms with Crippen LogP contribution in [0.5, 0.6) is 0 Å². The van der Waals surface area contributed by atoms with Gasteiger partial charge in [0, 0.05) is 13.1 Å². The number of carbonyl (C=O) groups is 1. The Hall–Kier alpha value is -0.410. The number of fused-ring (bicyclic) bond motifs is 1. The summed E-state index contributed by atoms with van der Waals surface area (Å²) in [5, 5.41) is 9.60. The van der Waals surface area contributed by atoms with Crippen LogP contribution >= 0.6 is 0 Å². The molecule has 1 saturated carbocycles. The molecule has 3 heteroatoms. The highest BCUT2D eigenvalue weighted by atomic mass is 16.3. The highest BCUT2D eigenvalue weighted by Gasteiger charge is 2.39. The van der Waals surface area contributed by atoms with Crippen molar-refractivity contribution in [2.24, 2.45) is 11.8 Å². The Labute approximate surface area is 91.5 Å². The van der Waals surface area contributed by atoms with Crippen molar-refractivity contribution in [1.82, 2.24) is 4.90 Å². The molecule has 1 aliphatic heterocycles. The number of ketones is 1. The van der Waals surface area contributed by atoms with E-state index in [4.69, 9.17) is 0 Å². The largest absolute Gasteiger partial charge is 0.393 e. The van der Waals surface area contributed by atoms with Crippen LogP contribution in [0.15, 0.2) is 0 Å². The minimum absolute atomic E-state index is 0.0627. The Balaban J connectivity index is 1.96. The lowest BCUT2D eigenvalue weighted by molar-refractivity contribution is -0.121. The van der Waals surface area contributed by atoms with Crippen LogP contribution in [0.1, 0.15) is 33.1 Å². The first-order valence-corrected chi connectivity index (χ1v) is 6.00. The van der Waals surface area contributed by atoms with Crippen LogP contribution in [0.25, 0.3) is 0 Å². The lowest BCUT2D eigenvalue weighted by Crippen LogP contribution is -2.36. The summed E-state index contributed by atoms with van der Waals surface area (Å²) in [4.78, 5) is 13.6. The summed E-state index contributed by atoms with van der Waals surface area (Å²) < 4.78 is 0. The maximum atomic E-state index is 11.3. The second kappa shape index (κ2) is 4.22. The van der Waals surface area contributed by atoms with E-state index in [0.717, 1.165) is 38.3 Å². The van der Waals surface area contributed by atoms with Crippen molar-refractivity contribution in [2.45, 2.75) is 45.3 Å². The van der Waals surface area contributed by atoms with E-state index in [1.165, 1.54) is 0 Å². The van der Waals surface area contributed by atoms with Crippen molar-refractivity contribution in [3.8, 4) is 0 Å². The normalized spacial score (nSPS) is 38.7. The fraction of sp³-hybridized carbons (Fsp3) is 0.917. The van der Waals surface area contributed by atoms with Gasteiger partial charge in [-0.05, 0) is 44.9 Å². The molecule has 3 nitrogen and oxygen atoms in total. The average Bonchev–Trinajstić information content (AvgIpc) is 2.58. The second-order valence-electron chi connectivity index (χ2n) is 5.23. The summed E-state index contributed by atoms with van der Waals surface area (Å²) in [5.74, 6) is 1.60. The Morgan fingerprint density at radius 3 is 2.67 bits per heavy atom. The molecule has 4 atom stereocenters. The fourth-order valence-electron chi connectivity index (χ4n) is 3.02. The van der Waals surface area contributed by atoms with Gasteiger partial charge >= 0.3 is 0 Å². The van der Waals surface area contributed by atoms with Crippen molar-refractivity contribution < 1.29 is 9.90 Å². The molecule has 4 unspecified atom stereocenters. The first-order chi connectivity index (χ1) is 7.08. The SMILES string of the molecule is CC(=O)C(C)N1CC2CCC(O)CC2C1. The van der Waals surface area contributed by atoms with Gasteiger partial charge in [0.15, 0.2) is 0 Å². The molecule has 1 aliphatic carbocycles. The Bertz CT molecular complexity index is 254. The van der Waals surface area contributed by atoms with Crippen LogP contribution < -0.4 is 0 Å². The predicted molar refractivity (Wildman–Crippen MR) is 58.6 cm³/mol. The van der Waals surface area contributed by atoms with E-state index in [9.17, 15) is 9.90 Å². The van der Waals surface area contributed by atoms with Gasteiger partial charge in [0.2, 0.25) is 0 Å². The van der Waals surface area contributed by atoms with Gasteiger partial charge in [-0.3, -0.25) is 9.69 Å². The number of likely N-dealkylation sites (tertiary alicyclic amines) is 1. The van der Waals surface area contributed by atoms with E-state index in [1.807, 2.05) is 6.92 Å². The minimum atomic E-state index is -0.0983. The third-order valence-corrected chi connectivity index (χ3v) is 4.19. The Morgan fingerprint density at radius 1 is 1.33 bits per heavy atom. The van der Waals surface area contributed by atoms with Gasteiger partial charge in [-0.25, -0.2) is 0 Å². The zero-order valence-electron chi connectivity index (χ0n) is 9.65. The highest BCUT2D eigenvalue weighted by Crippen LogP contribution is 2.36. The van der Waals surface area contributed by atoms with E-state index < -0.39 is 0 Å². The zero-order valence-corrected chi connectivity index (χ0v) is 9.65. The van der Waals surface area contributed by atoms with Crippen LogP contribution in [0, 0.1) is 11.8 Å². The van der Waals surface area contributed by atoms with Gasteiger partial charge in [-0.15, -0.1) is 0 Å². The molecular weight excluding hydrogens is 190 g/mol. The Morgan fingerprint density at radius 2 is 2.00 bits per heavy atom. The summed E-state index contributed by atoms with van der Waals surface area (Å²) in [5.41, 5.74) is 0. The van der Waals surface area contributed by atoms with Crippen molar-refractivity contribution in [1.29, 1.82) is 0 Å². The smallest absolute Gasteiger partial charge is 0.146 e. The highest BCUT2D eigenvalue weighted by molar-refractivity contribution is 5.80. The van der Waals surface area contributed by atoms with Crippen molar-refractivity contribution in [3.05, 3.63) is 0 Å². The first kappa shape index (κ1) is 11.1. The lowest BCUT2D eigenvalue weighted by Gasteiger charge is -2.27. The molecule has 0 radical (unpaired) electrons. The van der Waals surface area contributed by atoms with E-state index in [2.05, 4.69) is 4.90 Å². The molecule has 2 fully saturated rings. The number of aliphatic hydroxyl groups is 1. The van der Waals surface area contributed by atoms with Gasteiger partial charge in [-0.2, -0.15) is 0 Å². The van der Waals surface area contributed by atoms with Crippen LogP contribution in [-0.2, 0) is 4.79 Å².